The van der Waals surface area contributed by atoms with Crippen molar-refractivity contribution in [3.8, 4) is 0 Å². The van der Waals surface area contributed by atoms with Crippen molar-refractivity contribution in [3.63, 3.8) is 0 Å². The van der Waals surface area contributed by atoms with Crippen LogP contribution in [0.3, 0.4) is 0 Å². The van der Waals surface area contributed by atoms with Crippen molar-refractivity contribution in [2.45, 2.75) is 84.0 Å². The highest BCUT2D eigenvalue weighted by Gasteiger charge is 2.30. The van der Waals surface area contributed by atoms with E-state index in [2.05, 4.69) is 125 Å². The minimum absolute atomic E-state index is 0.218. The second-order valence-electron chi connectivity index (χ2n) is 13.5. The number of rotatable bonds is 9. The maximum atomic E-state index is 4.72. The quantitative estimate of drug-likeness (QED) is 0.242. The van der Waals surface area contributed by atoms with Gasteiger partial charge >= 0.3 is 0 Å². The zero-order chi connectivity index (χ0) is 28.1. The number of hydrogen-bond donors (Lipinski definition) is 0. The molecule has 0 amide bonds. The van der Waals surface area contributed by atoms with Gasteiger partial charge in [-0.3, -0.25) is 0 Å². The van der Waals surface area contributed by atoms with Crippen LogP contribution < -0.4 is 0 Å². The standard InChI is InChI=1S/C40H48/c1-29-11-18-37(27-29)34-21-23-36(24-22-34)39(30(2)12-13-31-9-7-6-8-10-31)35-19-14-32(15-20-35)28-33-16-25-38(26-17-33)40(3,4)5/h6-11,16-18,21-27,29,32,35,39H,2,12-15,19-20,28H2,1,3-5H3. The third kappa shape index (κ3) is 7.14. The Labute approximate surface area is 243 Å². The third-order valence-corrected chi connectivity index (χ3v) is 9.35. The van der Waals surface area contributed by atoms with E-state index in [4.69, 9.17) is 6.58 Å². The van der Waals surface area contributed by atoms with Gasteiger partial charge in [0, 0.05) is 5.92 Å². The molecule has 0 spiro atoms. The Bertz CT molecular complexity index is 1300. The minimum atomic E-state index is 0.218. The van der Waals surface area contributed by atoms with Crippen LogP contribution in [0, 0.1) is 17.8 Å². The Morgan fingerprint density at radius 1 is 0.825 bits per heavy atom. The van der Waals surface area contributed by atoms with E-state index in [-0.39, 0.29) is 5.41 Å². The molecule has 0 N–H and O–H groups in total. The van der Waals surface area contributed by atoms with Crippen LogP contribution in [-0.2, 0) is 18.3 Å². The van der Waals surface area contributed by atoms with E-state index in [1.165, 1.54) is 71.1 Å². The highest BCUT2D eigenvalue weighted by Crippen LogP contribution is 2.44. The monoisotopic (exact) mass is 528 g/mol. The molecule has 3 aromatic rings. The predicted molar refractivity (Wildman–Crippen MR) is 174 cm³/mol. The van der Waals surface area contributed by atoms with Crippen molar-refractivity contribution in [2.75, 3.05) is 0 Å². The third-order valence-electron chi connectivity index (χ3n) is 9.35. The van der Waals surface area contributed by atoms with Gasteiger partial charge in [-0.1, -0.05) is 137 Å². The van der Waals surface area contributed by atoms with Gasteiger partial charge < -0.3 is 0 Å². The van der Waals surface area contributed by atoms with Crippen molar-refractivity contribution in [2.24, 2.45) is 17.8 Å². The van der Waals surface area contributed by atoms with Gasteiger partial charge in [-0.25, -0.2) is 0 Å². The molecule has 0 nitrogen and oxygen atoms in total. The van der Waals surface area contributed by atoms with Crippen molar-refractivity contribution in [1.82, 2.24) is 0 Å². The molecule has 2 aliphatic rings. The highest BCUT2D eigenvalue weighted by molar-refractivity contribution is 5.76. The van der Waals surface area contributed by atoms with Crippen LogP contribution in [-0.4, -0.2) is 0 Å². The number of allylic oxidation sites excluding steroid dienone is 5. The smallest absolute Gasteiger partial charge is 0.00738 e. The summed E-state index contributed by atoms with van der Waals surface area (Å²) in [5, 5.41) is 0. The van der Waals surface area contributed by atoms with Gasteiger partial charge in [-0.05, 0) is 102 Å². The SMILES string of the molecule is C=C(CCc1ccccc1)C(c1ccc(C2=CC(C)C=C2)cc1)C1CCC(Cc2ccc(C(C)(C)C)cc2)CC1. The van der Waals surface area contributed by atoms with Gasteiger partial charge in [-0.2, -0.15) is 0 Å². The fraction of sp³-hybridized carbons (Fsp3) is 0.400. The van der Waals surface area contributed by atoms with Crippen molar-refractivity contribution in [3.05, 3.63) is 137 Å². The first kappa shape index (κ1) is 28.4. The Morgan fingerprint density at radius 2 is 1.50 bits per heavy atom. The molecule has 1 saturated carbocycles. The number of hydrogen-bond acceptors (Lipinski definition) is 0. The van der Waals surface area contributed by atoms with Crippen molar-refractivity contribution >= 4 is 5.57 Å². The summed E-state index contributed by atoms with van der Waals surface area (Å²) >= 11 is 0. The Balaban J connectivity index is 1.27. The molecule has 40 heavy (non-hydrogen) atoms. The fourth-order valence-corrected chi connectivity index (χ4v) is 6.87. The largest absolute Gasteiger partial charge is 0.0992 e. The van der Waals surface area contributed by atoms with Crippen LogP contribution in [0.25, 0.3) is 5.57 Å². The summed E-state index contributed by atoms with van der Waals surface area (Å²) in [6.07, 6.45) is 15.5. The molecular weight excluding hydrogens is 480 g/mol. The van der Waals surface area contributed by atoms with Gasteiger partial charge in [-0.15, -0.1) is 0 Å². The molecular formula is C40H48. The number of aryl methyl sites for hydroxylation is 1. The van der Waals surface area contributed by atoms with Crippen LogP contribution in [0.1, 0.15) is 93.5 Å². The molecule has 0 aliphatic heterocycles. The van der Waals surface area contributed by atoms with Gasteiger partial charge in [0.1, 0.15) is 0 Å². The first-order valence-electron chi connectivity index (χ1n) is 15.6. The zero-order valence-corrected chi connectivity index (χ0v) is 25.2. The van der Waals surface area contributed by atoms with Gasteiger partial charge in [0.2, 0.25) is 0 Å². The van der Waals surface area contributed by atoms with E-state index in [0.717, 1.165) is 18.8 Å². The average molecular weight is 529 g/mol. The summed E-state index contributed by atoms with van der Waals surface area (Å²) in [6, 6.07) is 29.8. The average Bonchev–Trinajstić information content (AvgIpc) is 3.40. The molecule has 0 bridgehead atoms. The molecule has 0 radical (unpaired) electrons. The highest BCUT2D eigenvalue weighted by atomic mass is 14.3. The van der Waals surface area contributed by atoms with E-state index in [1.54, 1.807) is 0 Å². The van der Waals surface area contributed by atoms with Crippen LogP contribution in [0.5, 0.6) is 0 Å². The molecule has 208 valence electrons. The molecule has 0 heteroatoms. The topological polar surface area (TPSA) is 0 Å². The Kier molecular flexibility index (Phi) is 8.94. The first-order chi connectivity index (χ1) is 19.3. The van der Waals surface area contributed by atoms with Gasteiger partial charge in [0.25, 0.3) is 0 Å². The lowest BCUT2D eigenvalue weighted by Gasteiger charge is -2.36. The summed E-state index contributed by atoms with van der Waals surface area (Å²) in [5.41, 5.74) is 10.1. The summed E-state index contributed by atoms with van der Waals surface area (Å²) in [7, 11) is 0. The Morgan fingerprint density at radius 3 is 2.10 bits per heavy atom. The van der Waals surface area contributed by atoms with Crippen LogP contribution in [0.2, 0.25) is 0 Å². The van der Waals surface area contributed by atoms with Crippen LogP contribution >= 0.6 is 0 Å². The van der Waals surface area contributed by atoms with E-state index in [1.807, 2.05) is 0 Å². The second-order valence-corrected chi connectivity index (χ2v) is 13.5. The molecule has 2 atom stereocenters. The van der Waals surface area contributed by atoms with E-state index in [9.17, 15) is 0 Å². The van der Waals surface area contributed by atoms with Gasteiger partial charge in [0.05, 0.1) is 0 Å². The lowest BCUT2D eigenvalue weighted by molar-refractivity contribution is 0.252. The van der Waals surface area contributed by atoms with E-state index < -0.39 is 0 Å². The van der Waals surface area contributed by atoms with Crippen LogP contribution in [0.15, 0.2) is 109 Å². The number of benzene rings is 3. The normalized spacial score (nSPS) is 21.7. The molecule has 0 saturated heterocycles. The minimum Gasteiger partial charge on any atom is -0.0992 e. The summed E-state index contributed by atoms with van der Waals surface area (Å²) < 4.78 is 0. The summed E-state index contributed by atoms with van der Waals surface area (Å²) in [4.78, 5) is 0. The lowest BCUT2D eigenvalue weighted by atomic mass is 9.69. The molecule has 5 rings (SSSR count). The predicted octanol–water partition coefficient (Wildman–Crippen LogP) is 10.9. The van der Waals surface area contributed by atoms with Crippen molar-refractivity contribution < 1.29 is 0 Å². The first-order valence-corrected chi connectivity index (χ1v) is 15.6. The lowest BCUT2D eigenvalue weighted by Crippen LogP contribution is -2.23. The summed E-state index contributed by atoms with van der Waals surface area (Å²) in [5.74, 6) is 2.45. The maximum Gasteiger partial charge on any atom is 0.00738 e. The fourth-order valence-electron chi connectivity index (χ4n) is 6.87. The Hall–Kier alpha value is -3.12. The van der Waals surface area contributed by atoms with E-state index in [0.29, 0.717) is 17.8 Å². The maximum absolute atomic E-state index is 4.72. The summed E-state index contributed by atoms with van der Waals surface area (Å²) in [6.45, 7) is 13.9. The molecule has 1 fully saturated rings. The second kappa shape index (κ2) is 12.6. The van der Waals surface area contributed by atoms with Gasteiger partial charge in [0.15, 0.2) is 0 Å². The molecule has 0 heterocycles. The zero-order valence-electron chi connectivity index (χ0n) is 25.2. The van der Waals surface area contributed by atoms with E-state index >= 15 is 0 Å². The molecule has 2 unspecified atom stereocenters. The van der Waals surface area contributed by atoms with Crippen LogP contribution in [0.4, 0.5) is 0 Å². The van der Waals surface area contributed by atoms with Crippen molar-refractivity contribution in [1.29, 1.82) is 0 Å². The molecule has 0 aromatic heterocycles. The molecule has 3 aromatic carbocycles. The molecule has 2 aliphatic carbocycles.